The topological polar surface area (TPSA) is 24.5 Å². The minimum absolute atomic E-state index is 0.396. The number of hydrogen-bond donors (Lipinski definition) is 1. The Balaban J connectivity index is 1.62. The molecule has 1 fully saturated rings. The molecule has 18 heavy (non-hydrogen) atoms. The number of nitrogens with one attached hydrogen (secondary N) is 1. The molecule has 0 heterocycles. The summed E-state index contributed by atoms with van der Waals surface area (Å²) in [5.41, 5.74) is 0.396. The molecule has 3 nitrogen and oxygen atoms in total. The van der Waals surface area contributed by atoms with E-state index >= 15 is 0 Å². The smallest absolute Gasteiger partial charge is 0.119 e. The van der Waals surface area contributed by atoms with E-state index in [2.05, 4.69) is 24.3 Å². The first-order chi connectivity index (χ1) is 8.73. The van der Waals surface area contributed by atoms with Crippen molar-refractivity contribution in [2.45, 2.75) is 24.8 Å². The highest BCUT2D eigenvalue weighted by molar-refractivity contribution is 5.20. The Morgan fingerprint density at radius 2 is 1.94 bits per heavy atom. The molecule has 0 aliphatic heterocycles. The Labute approximate surface area is 110 Å². The van der Waals surface area contributed by atoms with Crippen LogP contribution in [0.1, 0.15) is 19.3 Å². The van der Waals surface area contributed by atoms with Crippen LogP contribution in [-0.2, 0) is 0 Å². The number of hydrogen-bond acceptors (Lipinski definition) is 3. The largest absolute Gasteiger partial charge is 0.492 e. The summed E-state index contributed by atoms with van der Waals surface area (Å²) < 4.78 is 5.66. The van der Waals surface area contributed by atoms with E-state index in [0.29, 0.717) is 5.54 Å². The van der Waals surface area contributed by atoms with Crippen LogP contribution in [0.25, 0.3) is 0 Å². The van der Waals surface area contributed by atoms with Crippen molar-refractivity contribution in [3.63, 3.8) is 0 Å². The second-order valence-corrected chi connectivity index (χ2v) is 5.31. The molecule has 0 unspecified atom stereocenters. The lowest BCUT2D eigenvalue weighted by atomic mass is 9.75. The summed E-state index contributed by atoms with van der Waals surface area (Å²) in [6.45, 7) is 2.70. The molecule has 1 aliphatic rings. The van der Waals surface area contributed by atoms with Gasteiger partial charge in [0.15, 0.2) is 0 Å². The number of rotatable bonds is 7. The van der Waals surface area contributed by atoms with Crippen LogP contribution in [0.2, 0.25) is 0 Å². The maximum atomic E-state index is 5.66. The Morgan fingerprint density at radius 1 is 1.22 bits per heavy atom. The van der Waals surface area contributed by atoms with Crippen molar-refractivity contribution in [3.05, 3.63) is 30.3 Å². The lowest BCUT2D eigenvalue weighted by Crippen LogP contribution is -2.56. The molecule has 0 atom stereocenters. The summed E-state index contributed by atoms with van der Waals surface area (Å²) in [6, 6.07) is 9.99. The summed E-state index contributed by atoms with van der Waals surface area (Å²) in [5.74, 6) is 0.949. The Hall–Kier alpha value is -1.06. The predicted octanol–water partition coefficient (Wildman–Crippen LogP) is 2.14. The lowest BCUT2D eigenvalue weighted by molar-refractivity contribution is 0.0594. The molecule has 1 aromatic rings. The number of para-hydroxylation sites is 1. The minimum Gasteiger partial charge on any atom is -0.492 e. The van der Waals surface area contributed by atoms with Gasteiger partial charge in [0, 0.05) is 18.6 Å². The maximum Gasteiger partial charge on any atom is 0.119 e. The molecule has 3 heteroatoms. The van der Waals surface area contributed by atoms with Crippen LogP contribution < -0.4 is 10.1 Å². The fourth-order valence-corrected chi connectivity index (χ4v) is 2.45. The molecule has 0 saturated heterocycles. The van der Waals surface area contributed by atoms with Crippen molar-refractivity contribution < 1.29 is 4.74 Å². The molecule has 0 radical (unpaired) electrons. The van der Waals surface area contributed by atoms with Gasteiger partial charge in [-0.05, 0) is 45.5 Å². The molecule has 0 amide bonds. The molecule has 2 rings (SSSR count). The van der Waals surface area contributed by atoms with Crippen molar-refractivity contribution >= 4 is 0 Å². The SMILES string of the molecule is CN(C)C1(CNCCOc2ccccc2)CCC1. The van der Waals surface area contributed by atoms with Crippen LogP contribution in [0.5, 0.6) is 5.75 Å². The van der Waals surface area contributed by atoms with Crippen molar-refractivity contribution in [1.82, 2.24) is 10.2 Å². The molecule has 0 aromatic heterocycles. The van der Waals surface area contributed by atoms with E-state index in [9.17, 15) is 0 Å². The summed E-state index contributed by atoms with van der Waals surface area (Å²) >= 11 is 0. The van der Waals surface area contributed by atoms with E-state index in [1.807, 2.05) is 30.3 Å². The van der Waals surface area contributed by atoms with Crippen molar-refractivity contribution in [2.24, 2.45) is 0 Å². The molecular weight excluding hydrogens is 224 g/mol. The highest BCUT2D eigenvalue weighted by Crippen LogP contribution is 2.35. The van der Waals surface area contributed by atoms with Crippen LogP contribution in [0.4, 0.5) is 0 Å². The quantitative estimate of drug-likeness (QED) is 0.748. The third-order valence-electron chi connectivity index (χ3n) is 3.98. The number of likely N-dealkylation sites (N-methyl/N-ethyl adjacent to an activating group) is 1. The second kappa shape index (κ2) is 6.21. The minimum atomic E-state index is 0.396. The normalized spacial score (nSPS) is 17.5. The van der Waals surface area contributed by atoms with Gasteiger partial charge in [0.25, 0.3) is 0 Å². The number of nitrogens with zero attached hydrogens (tertiary/aromatic N) is 1. The Kier molecular flexibility index (Phi) is 4.61. The van der Waals surface area contributed by atoms with Crippen LogP contribution in [-0.4, -0.2) is 44.2 Å². The molecule has 1 saturated carbocycles. The average Bonchev–Trinajstić information content (AvgIpc) is 2.32. The highest BCUT2D eigenvalue weighted by atomic mass is 16.5. The molecule has 1 N–H and O–H groups in total. The molecule has 0 spiro atoms. The summed E-state index contributed by atoms with van der Waals surface area (Å²) in [4.78, 5) is 2.36. The Morgan fingerprint density at radius 3 is 2.50 bits per heavy atom. The van der Waals surface area contributed by atoms with E-state index in [-0.39, 0.29) is 0 Å². The van der Waals surface area contributed by atoms with Gasteiger partial charge in [-0.25, -0.2) is 0 Å². The van der Waals surface area contributed by atoms with Crippen LogP contribution in [0.15, 0.2) is 30.3 Å². The van der Waals surface area contributed by atoms with E-state index in [0.717, 1.165) is 25.4 Å². The van der Waals surface area contributed by atoms with E-state index < -0.39 is 0 Å². The van der Waals surface area contributed by atoms with Crippen LogP contribution in [0.3, 0.4) is 0 Å². The summed E-state index contributed by atoms with van der Waals surface area (Å²) in [5, 5.41) is 3.51. The molecule has 1 aromatic carbocycles. The van der Waals surface area contributed by atoms with Gasteiger partial charge in [0.2, 0.25) is 0 Å². The summed E-state index contributed by atoms with van der Waals surface area (Å²) in [7, 11) is 4.36. The first kappa shape index (κ1) is 13.4. The van der Waals surface area contributed by atoms with Crippen molar-refractivity contribution in [1.29, 1.82) is 0 Å². The lowest BCUT2D eigenvalue weighted by Gasteiger charge is -2.47. The standard InChI is InChI=1S/C15H24N2O/c1-17(2)15(9-6-10-15)13-16-11-12-18-14-7-4-3-5-8-14/h3-5,7-8,16H,6,9-13H2,1-2H3. The second-order valence-electron chi connectivity index (χ2n) is 5.31. The zero-order chi connectivity index (χ0) is 12.8. The van der Waals surface area contributed by atoms with Gasteiger partial charge in [0.1, 0.15) is 12.4 Å². The van der Waals surface area contributed by atoms with Crippen LogP contribution in [0, 0.1) is 0 Å². The molecule has 0 bridgehead atoms. The van der Waals surface area contributed by atoms with Gasteiger partial charge in [-0.15, -0.1) is 0 Å². The fraction of sp³-hybridized carbons (Fsp3) is 0.600. The number of ether oxygens (including phenoxy) is 1. The molecule has 100 valence electrons. The molecule has 1 aliphatic carbocycles. The first-order valence-electron chi connectivity index (χ1n) is 6.79. The predicted molar refractivity (Wildman–Crippen MR) is 75.1 cm³/mol. The zero-order valence-corrected chi connectivity index (χ0v) is 11.5. The zero-order valence-electron chi connectivity index (χ0n) is 11.5. The van der Waals surface area contributed by atoms with Gasteiger partial charge >= 0.3 is 0 Å². The first-order valence-corrected chi connectivity index (χ1v) is 6.79. The van der Waals surface area contributed by atoms with Crippen LogP contribution >= 0.6 is 0 Å². The number of benzene rings is 1. The van der Waals surface area contributed by atoms with Gasteiger partial charge in [-0.2, -0.15) is 0 Å². The molecular formula is C15H24N2O. The third-order valence-corrected chi connectivity index (χ3v) is 3.98. The monoisotopic (exact) mass is 248 g/mol. The van der Waals surface area contributed by atoms with E-state index in [4.69, 9.17) is 4.74 Å². The van der Waals surface area contributed by atoms with E-state index in [1.54, 1.807) is 0 Å². The fourth-order valence-electron chi connectivity index (χ4n) is 2.45. The Bertz CT molecular complexity index is 347. The van der Waals surface area contributed by atoms with Crippen molar-refractivity contribution in [3.8, 4) is 5.75 Å². The van der Waals surface area contributed by atoms with Gasteiger partial charge in [0.05, 0.1) is 0 Å². The third kappa shape index (κ3) is 3.24. The van der Waals surface area contributed by atoms with Gasteiger partial charge in [-0.1, -0.05) is 18.2 Å². The van der Waals surface area contributed by atoms with Gasteiger partial charge in [-0.3, -0.25) is 0 Å². The van der Waals surface area contributed by atoms with Crippen molar-refractivity contribution in [2.75, 3.05) is 33.8 Å². The maximum absolute atomic E-state index is 5.66. The average molecular weight is 248 g/mol. The summed E-state index contributed by atoms with van der Waals surface area (Å²) in [6.07, 6.45) is 3.99. The van der Waals surface area contributed by atoms with E-state index in [1.165, 1.54) is 19.3 Å². The van der Waals surface area contributed by atoms with Gasteiger partial charge < -0.3 is 15.0 Å². The highest BCUT2D eigenvalue weighted by Gasteiger charge is 2.38.